The molecule has 4 N–H and O–H groups in total. The van der Waals surface area contributed by atoms with Gasteiger partial charge in [0.15, 0.2) is 58.8 Å². The summed E-state index contributed by atoms with van der Waals surface area (Å²) in [5.41, 5.74) is -0.172. The Balaban J connectivity index is 1.17. The molecule has 30 heteroatoms. The van der Waals surface area contributed by atoms with Crippen LogP contribution >= 0.6 is 15.6 Å². The molecular formula is C34H39F2N11O15P2. The van der Waals surface area contributed by atoms with Gasteiger partial charge in [-0.25, -0.2) is 57.4 Å². The molecule has 10 atom stereocenters. The number of alkyl halides is 2. The Morgan fingerprint density at radius 3 is 1.84 bits per heavy atom. The number of anilines is 2. The lowest BCUT2D eigenvalue weighted by atomic mass is 10.1. The highest BCUT2D eigenvalue weighted by Gasteiger charge is 2.52. The molecular weight excluding hydrogens is 902 g/mol. The molecule has 2 amide bonds. The summed E-state index contributed by atoms with van der Waals surface area (Å²) in [5, 5.41) is 24.4. The van der Waals surface area contributed by atoms with Gasteiger partial charge in [0.1, 0.15) is 50.3 Å². The summed E-state index contributed by atoms with van der Waals surface area (Å²) < 4.78 is 109. The van der Waals surface area contributed by atoms with Crippen molar-refractivity contribution in [3.05, 3.63) is 63.3 Å². The van der Waals surface area contributed by atoms with E-state index in [-0.39, 0.29) is 53.6 Å². The van der Waals surface area contributed by atoms with Crippen molar-refractivity contribution in [3.8, 4) is 6.07 Å². The fourth-order valence-corrected chi connectivity index (χ4v) is 8.10. The van der Waals surface area contributed by atoms with E-state index in [0.29, 0.717) is 0 Å². The number of nitrogens with zero attached hydrogens (tertiary/aromatic N) is 9. The number of nitriles is 1. The van der Waals surface area contributed by atoms with Crippen LogP contribution in [-0.4, -0.2) is 138 Å². The van der Waals surface area contributed by atoms with Gasteiger partial charge in [-0.1, -0.05) is 31.4 Å². The van der Waals surface area contributed by atoms with Gasteiger partial charge in [0, 0.05) is 0 Å². The third-order valence-electron chi connectivity index (χ3n) is 8.80. The second-order valence-electron chi connectivity index (χ2n) is 13.0. The number of imidazole rings is 2. The summed E-state index contributed by atoms with van der Waals surface area (Å²) in [5.74, 6) is -0.227. The maximum atomic E-state index is 16.6. The van der Waals surface area contributed by atoms with Gasteiger partial charge in [0.2, 0.25) is 0 Å². The second-order valence-corrected chi connectivity index (χ2v) is 16.1. The maximum Gasteiger partial charge on any atom is 0.475 e. The zero-order valence-electron chi connectivity index (χ0n) is 33.1. The highest BCUT2D eigenvalue weighted by atomic mass is 31.2. The number of phosphoric ester groups is 2. The number of carbonyl (C=O) groups excluding carboxylic acids is 2. The zero-order chi connectivity index (χ0) is 46.0. The number of fused-ring (bicyclic) bond motifs is 2. The van der Waals surface area contributed by atoms with Crippen LogP contribution in [0.5, 0.6) is 0 Å². The first-order chi connectivity index (χ1) is 30.7. The molecule has 4 aromatic rings. The lowest BCUT2D eigenvalue weighted by Crippen LogP contribution is -2.34. The third kappa shape index (κ3) is 11.1. The predicted molar refractivity (Wildman–Crippen MR) is 211 cm³/mol. The number of amides is 2. The van der Waals surface area contributed by atoms with Crippen LogP contribution in [0, 0.1) is 11.3 Å². The number of hydrogen-bond acceptors (Lipinski definition) is 21. The van der Waals surface area contributed by atoms with Crippen molar-refractivity contribution in [1.29, 1.82) is 5.26 Å². The molecule has 6 rings (SSSR count). The van der Waals surface area contributed by atoms with Crippen molar-refractivity contribution in [2.75, 3.05) is 50.3 Å². The van der Waals surface area contributed by atoms with E-state index in [4.69, 9.17) is 46.8 Å². The quantitative estimate of drug-likeness (QED) is 0.0495. The number of halogens is 2. The van der Waals surface area contributed by atoms with E-state index in [2.05, 4.69) is 60.3 Å². The number of carbonyl (C=O) groups is 2. The zero-order valence-corrected chi connectivity index (χ0v) is 34.9. The van der Waals surface area contributed by atoms with Crippen LogP contribution in [0.4, 0.5) is 30.0 Å². The molecule has 2 aliphatic rings. The largest absolute Gasteiger partial charge is 0.475 e. The number of aliphatic hydroxyl groups excluding tert-OH is 1. The highest BCUT2D eigenvalue weighted by Crippen LogP contribution is 2.54. The average molecular weight is 942 g/mol. The van der Waals surface area contributed by atoms with E-state index >= 15 is 8.78 Å². The normalized spacial score (nSPS) is 24.9. The van der Waals surface area contributed by atoms with Gasteiger partial charge in [-0.15, -0.1) is 6.58 Å². The minimum Gasteiger partial charge on any atom is -0.445 e. The van der Waals surface area contributed by atoms with Gasteiger partial charge >= 0.3 is 27.8 Å². The summed E-state index contributed by atoms with van der Waals surface area (Å²) in [6, 6.07) is 1.78. The van der Waals surface area contributed by atoms with Crippen molar-refractivity contribution in [2.24, 2.45) is 0 Å². The summed E-state index contributed by atoms with van der Waals surface area (Å²) >= 11 is 0. The number of rotatable bonds is 22. The molecule has 344 valence electrons. The summed E-state index contributed by atoms with van der Waals surface area (Å²) in [6.07, 6.45) is -9.05. The number of ether oxygens (including phenoxy) is 4. The van der Waals surface area contributed by atoms with E-state index in [9.17, 15) is 28.7 Å². The molecule has 0 aliphatic carbocycles. The van der Waals surface area contributed by atoms with Crippen molar-refractivity contribution in [1.82, 2.24) is 39.0 Å². The summed E-state index contributed by atoms with van der Waals surface area (Å²) in [4.78, 5) is 59.3. The van der Waals surface area contributed by atoms with Gasteiger partial charge in [0.25, 0.3) is 0 Å². The molecule has 4 aromatic heterocycles. The van der Waals surface area contributed by atoms with Gasteiger partial charge in [-0.05, 0) is 0 Å². The van der Waals surface area contributed by atoms with Crippen molar-refractivity contribution in [3.63, 3.8) is 0 Å². The predicted octanol–water partition coefficient (Wildman–Crippen LogP) is 3.73. The lowest BCUT2D eigenvalue weighted by Gasteiger charge is -2.25. The van der Waals surface area contributed by atoms with Crippen LogP contribution in [0.25, 0.3) is 22.3 Å². The first kappa shape index (κ1) is 47.8. The Morgan fingerprint density at radius 1 is 0.797 bits per heavy atom. The Kier molecular flexibility index (Phi) is 15.9. The van der Waals surface area contributed by atoms with Crippen LogP contribution in [0.3, 0.4) is 0 Å². The smallest absolute Gasteiger partial charge is 0.445 e. The lowest BCUT2D eigenvalue weighted by molar-refractivity contribution is -0.0581. The Hall–Kier alpha value is -5.69. The van der Waals surface area contributed by atoms with Crippen molar-refractivity contribution < 1.29 is 79.1 Å². The number of aliphatic hydroxyl groups is 1. The standard InChI is InChI=1S/C34H39F2N11O15P2/c1-4-9-54-33(49)44-27-23-29(40-15-38-27)46(17-42-23)31-21(35)25(48)19(60-31)13-58-63(51,52)59-14-20-26(62-64(53,56-11-6-3)57-12-7-8-37)22(36)32(61-20)47-18-43-24-28(39-16-41-30(24)47)45-34(50)55-10-5-2/h4-6,15-22,25-26,31-32,48H,1-3,7,9-14H2,(H,51,52)(H,38,40,44,49)(H,39,41,45,50)/t19-,20-,21-,22-,25-,26-,31-,32-,64?/m1/s1. The maximum absolute atomic E-state index is 16.6. The molecule has 2 unspecified atom stereocenters. The minimum atomic E-state index is -5.22. The molecule has 64 heavy (non-hydrogen) atoms. The number of phosphoric acid groups is 2. The molecule has 0 saturated carbocycles. The molecule has 0 bridgehead atoms. The molecule has 26 nitrogen and oxygen atoms in total. The van der Waals surface area contributed by atoms with Crippen LogP contribution < -0.4 is 10.6 Å². The van der Waals surface area contributed by atoms with Gasteiger partial charge < -0.3 is 28.9 Å². The summed E-state index contributed by atoms with van der Waals surface area (Å²) in [6.45, 7) is 7.29. The number of nitrogens with one attached hydrogen (secondary N) is 2. The number of hydrogen-bond donors (Lipinski definition) is 4. The molecule has 2 fully saturated rings. The van der Waals surface area contributed by atoms with E-state index in [0.717, 1.165) is 34.4 Å². The molecule has 2 aliphatic heterocycles. The van der Waals surface area contributed by atoms with Crippen molar-refractivity contribution >= 4 is 61.8 Å². The van der Waals surface area contributed by atoms with Gasteiger partial charge in [-0.2, -0.15) is 5.26 Å². The van der Waals surface area contributed by atoms with Crippen LogP contribution in [0.2, 0.25) is 0 Å². The SMILES string of the molecule is C=CCOC(=O)Nc1ncnc2c1ncn2[C@@H]1O[C@H](COP(=O)(O)OC[C@H]2O[C@@H](n3cnc4c(NC(=O)OCC=C)ncnc43)[C@H](F)[C@@H]2OP(=O)(OCC=C)OCCC#N)[C@@H](O)[C@H]1F. The van der Waals surface area contributed by atoms with Crippen molar-refractivity contribution in [2.45, 2.75) is 55.6 Å². The van der Waals surface area contributed by atoms with Crippen LogP contribution in [0.15, 0.2) is 63.3 Å². The summed E-state index contributed by atoms with van der Waals surface area (Å²) in [7, 11) is -9.96. The Bertz CT molecular complexity index is 2480. The topological polar surface area (TPSA) is 327 Å². The van der Waals surface area contributed by atoms with Gasteiger partial charge in [0.05, 0.1) is 51.6 Å². The highest BCUT2D eigenvalue weighted by molar-refractivity contribution is 7.48. The molecule has 0 aromatic carbocycles. The molecule has 2 saturated heterocycles. The van der Waals surface area contributed by atoms with E-state index in [1.54, 1.807) is 6.07 Å². The Morgan fingerprint density at radius 2 is 1.31 bits per heavy atom. The van der Waals surface area contributed by atoms with E-state index < -0.39 is 103 Å². The van der Waals surface area contributed by atoms with Crippen LogP contribution in [0.1, 0.15) is 18.9 Å². The first-order valence-corrected chi connectivity index (χ1v) is 21.6. The van der Waals surface area contributed by atoms with Crippen LogP contribution in [-0.2, 0) is 50.7 Å². The molecule has 0 radical (unpaired) electrons. The third-order valence-corrected chi connectivity index (χ3v) is 11.2. The monoisotopic (exact) mass is 941 g/mol. The van der Waals surface area contributed by atoms with E-state index in [1.165, 1.54) is 18.2 Å². The molecule has 6 heterocycles. The van der Waals surface area contributed by atoms with Gasteiger partial charge in [-0.3, -0.25) is 42.4 Å². The number of aromatic nitrogens is 8. The fraction of sp³-hybridized carbons (Fsp3) is 0.441. The fourth-order valence-electron chi connectivity index (χ4n) is 6.00. The Labute approximate surface area is 360 Å². The molecule has 0 spiro atoms. The first-order valence-electron chi connectivity index (χ1n) is 18.6. The average Bonchev–Trinajstić information content (AvgIpc) is 4.04. The second kappa shape index (κ2) is 21.3. The van der Waals surface area contributed by atoms with E-state index in [1.807, 2.05) is 0 Å². The minimum absolute atomic E-state index is 0.000539.